The van der Waals surface area contributed by atoms with Crippen LogP contribution in [0.1, 0.15) is 12.0 Å². The summed E-state index contributed by atoms with van der Waals surface area (Å²) in [4.78, 5) is 11.2. The minimum atomic E-state index is -0.848. The average Bonchev–Trinajstić information content (AvgIpc) is 2.27. The lowest BCUT2D eigenvalue weighted by Crippen LogP contribution is -2.31. The van der Waals surface area contributed by atoms with Crippen molar-refractivity contribution in [3.63, 3.8) is 0 Å². The maximum Gasteiger partial charge on any atom is 0.324 e. The Kier molecular flexibility index (Phi) is 4.32. The number of hydrogen-bond acceptors (Lipinski definition) is 4. The molecule has 0 aromatic heterocycles. The predicted octanol–water partition coefficient (Wildman–Crippen LogP) is 0.971. The third kappa shape index (κ3) is 3.79. The van der Waals surface area contributed by atoms with Gasteiger partial charge in [-0.05, 0) is 5.56 Å². The SMILES string of the molecule is N#CC[C@H](N)C(=O)OCc1ccccc1. The van der Waals surface area contributed by atoms with Gasteiger partial charge < -0.3 is 10.5 Å². The number of nitrogens with two attached hydrogens (primary N) is 1. The van der Waals surface area contributed by atoms with Crippen LogP contribution in [0.4, 0.5) is 0 Å². The van der Waals surface area contributed by atoms with E-state index < -0.39 is 12.0 Å². The highest BCUT2D eigenvalue weighted by molar-refractivity contribution is 5.75. The maximum atomic E-state index is 11.2. The topological polar surface area (TPSA) is 76.1 Å². The van der Waals surface area contributed by atoms with Gasteiger partial charge in [0.2, 0.25) is 0 Å². The first-order valence-corrected chi connectivity index (χ1v) is 4.57. The van der Waals surface area contributed by atoms with Gasteiger partial charge in [0.15, 0.2) is 0 Å². The largest absolute Gasteiger partial charge is 0.460 e. The van der Waals surface area contributed by atoms with E-state index in [-0.39, 0.29) is 13.0 Å². The van der Waals surface area contributed by atoms with Crippen molar-refractivity contribution in [2.24, 2.45) is 5.73 Å². The summed E-state index contributed by atoms with van der Waals surface area (Å²) in [6.07, 6.45) is -0.0202. The number of carbonyl (C=O) groups excluding carboxylic acids is 1. The third-order valence-electron chi connectivity index (χ3n) is 1.84. The summed E-state index contributed by atoms with van der Waals surface area (Å²) in [7, 11) is 0. The van der Waals surface area contributed by atoms with E-state index in [1.54, 1.807) is 0 Å². The lowest BCUT2D eigenvalue weighted by Gasteiger charge is -2.08. The zero-order chi connectivity index (χ0) is 11.1. The standard InChI is InChI=1S/C11H12N2O2/c12-7-6-10(13)11(14)15-8-9-4-2-1-3-5-9/h1-5,10H,6,8,13H2/t10-/m0/s1. The lowest BCUT2D eigenvalue weighted by atomic mass is 10.2. The molecule has 0 radical (unpaired) electrons. The van der Waals surface area contributed by atoms with E-state index in [0.29, 0.717) is 0 Å². The Balaban J connectivity index is 2.38. The molecule has 2 N–H and O–H groups in total. The van der Waals surface area contributed by atoms with Crippen LogP contribution >= 0.6 is 0 Å². The van der Waals surface area contributed by atoms with Gasteiger partial charge in [0.05, 0.1) is 12.5 Å². The van der Waals surface area contributed by atoms with Crippen LogP contribution in [0.2, 0.25) is 0 Å². The molecule has 4 nitrogen and oxygen atoms in total. The van der Waals surface area contributed by atoms with Crippen LogP contribution in [-0.2, 0) is 16.1 Å². The van der Waals surface area contributed by atoms with Crippen molar-refractivity contribution in [1.82, 2.24) is 0 Å². The van der Waals surface area contributed by atoms with Gasteiger partial charge in [0, 0.05) is 0 Å². The molecule has 0 spiro atoms. The fourth-order valence-corrected chi connectivity index (χ4v) is 1.02. The number of nitrogens with zero attached hydrogens (tertiary/aromatic N) is 1. The fourth-order valence-electron chi connectivity index (χ4n) is 1.02. The fraction of sp³-hybridized carbons (Fsp3) is 0.273. The van der Waals surface area contributed by atoms with Crippen molar-refractivity contribution >= 4 is 5.97 Å². The van der Waals surface area contributed by atoms with Crippen LogP contribution in [0.5, 0.6) is 0 Å². The van der Waals surface area contributed by atoms with E-state index in [4.69, 9.17) is 15.7 Å². The molecule has 0 aliphatic rings. The van der Waals surface area contributed by atoms with Gasteiger partial charge in [-0.3, -0.25) is 4.79 Å². The molecule has 0 amide bonds. The van der Waals surface area contributed by atoms with Gasteiger partial charge in [-0.1, -0.05) is 30.3 Å². The average molecular weight is 204 g/mol. The van der Waals surface area contributed by atoms with Crippen LogP contribution in [0.25, 0.3) is 0 Å². The van der Waals surface area contributed by atoms with Crippen molar-refractivity contribution in [2.45, 2.75) is 19.1 Å². The molecule has 1 rings (SSSR count). The maximum absolute atomic E-state index is 11.2. The molecule has 1 atom stereocenters. The Morgan fingerprint density at radius 2 is 2.13 bits per heavy atom. The zero-order valence-electron chi connectivity index (χ0n) is 8.22. The van der Waals surface area contributed by atoms with Crippen molar-refractivity contribution < 1.29 is 9.53 Å². The second-order valence-corrected chi connectivity index (χ2v) is 3.06. The lowest BCUT2D eigenvalue weighted by molar-refractivity contribution is -0.146. The zero-order valence-corrected chi connectivity index (χ0v) is 8.22. The molecule has 1 aromatic carbocycles. The van der Waals surface area contributed by atoms with Gasteiger partial charge in [-0.2, -0.15) is 5.26 Å². The van der Waals surface area contributed by atoms with Crippen LogP contribution in [0.15, 0.2) is 30.3 Å². The summed E-state index contributed by atoms with van der Waals surface area (Å²) >= 11 is 0. The van der Waals surface area contributed by atoms with Crippen molar-refractivity contribution in [3.05, 3.63) is 35.9 Å². The van der Waals surface area contributed by atoms with Gasteiger partial charge >= 0.3 is 5.97 Å². The molecule has 0 aliphatic carbocycles. The number of carbonyl (C=O) groups is 1. The van der Waals surface area contributed by atoms with E-state index in [1.807, 2.05) is 36.4 Å². The first-order chi connectivity index (χ1) is 7.24. The van der Waals surface area contributed by atoms with Gasteiger partial charge in [-0.25, -0.2) is 0 Å². The smallest absolute Gasteiger partial charge is 0.324 e. The predicted molar refractivity (Wildman–Crippen MR) is 54.4 cm³/mol. The molecule has 0 saturated carbocycles. The molecule has 4 heteroatoms. The summed E-state index contributed by atoms with van der Waals surface area (Å²) in [5, 5.41) is 8.33. The summed E-state index contributed by atoms with van der Waals surface area (Å²) in [5.74, 6) is -0.541. The number of rotatable bonds is 4. The molecule has 15 heavy (non-hydrogen) atoms. The number of esters is 1. The number of ether oxygens (including phenoxy) is 1. The van der Waals surface area contributed by atoms with Crippen LogP contribution in [-0.4, -0.2) is 12.0 Å². The molecule has 0 unspecified atom stereocenters. The third-order valence-corrected chi connectivity index (χ3v) is 1.84. The molecule has 1 aromatic rings. The highest BCUT2D eigenvalue weighted by atomic mass is 16.5. The van der Waals surface area contributed by atoms with Gasteiger partial charge in [0.1, 0.15) is 12.6 Å². The first-order valence-electron chi connectivity index (χ1n) is 4.57. The Bertz CT molecular complexity index is 357. The first kappa shape index (κ1) is 11.2. The second kappa shape index (κ2) is 5.78. The highest BCUT2D eigenvalue weighted by Gasteiger charge is 2.14. The molecule has 0 aliphatic heterocycles. The Labute approximate surface area is 88.3 Å². The van der Waals surface area contributed by atoms with E-state index in [2.05, 4.69) is 0 Å². The highest BCUT2D eigenvalue weighted by Crippen LogP contribution is 2.02. The van der Waals surface area contributed by atoms with Crippen molar-refractivity contribution in [1.29, 1.82) is 5.26 Å². The molecule has 78 valence electrons. The number of nitriles is 1. The number of benzene rings is 1. The van der Waals surface area contributed by atoms with Crippen LogP contribution in [0.3, 0.4) is 0 Å². The minimum absolute atomic E-state index is 0.0202. The van der Waals surface area contributed by atoms with Gasteiger partial charge in [0.25, 0.3) is 0 Å². The Morgan fingerprint density at radius 3 is 2.73 bits per heavy atom. The van der Waals surface area contributed by atoms with E-state index in [9.17, 15) is 4.79 Å². The molecule has 0 saturated heterocycles. The molecule has 0 fully saturated rings. The molecule has 0 bridgehead atoms. The quantitative estimate of drug-likeness (QED) is 0.741. The van der Waals surface area contributed by atoms with Crippen molar-refractivity contribution in [2.75, 3.05) is 0 Å². The second-order valence-electron chi connectivity index (χ2n) is 3.06. The summed E-state index contributed by atoms with van der Waals surface area (Å²) in [6.45, 7) is 0.193. The van der Waals surface area contributed by atoms with Gasteiger partial charge in [-0.15, -0.1) is 0 Å². The molecule has 0 heterocycles. The summed E-state index contributed by atoms with van der Waals surface area (Å²) in [5.41, 5.74) is 6.29. The molecular weight excluding hydrogens is 192 g/mol. The normalized spacial score (nSPS) is 11.5. The Hall–Kier alpha value is -1.86. The van der Waals surface area contributed by atoms with Crippen LogP contribution < -0.4 is 5.73 Å². The summed E-state index contributed by atoms with van der Waals surface area (Å²) < 4.78 is 4.93. The van der Waals surface area contributed by atoms with Crippen molar-refractivity contribution in [3.8, 4) is 6.07 Å². The van der Waals surface area contributed by atoms with E-state index in [1.165, 1.54) is 0 Å². The minimum Gasteiger partial charge on any atom is -0.460 e. The van der Waals surface area contributed by atoms with Crippen LogP contribution in [0, 0.1) is 11.3 Å². The monoisotopic (exact) mass is 204 g/mol. The van der Waals surface area contributed by atoms with E-state index in [0.717, 1.165) is 5.56 Å². The molecular formula is C11H12N2O2. The Morgan fingerprint density at radius 1 is 1.47 bits per heavy atom. The summed E-state index contributed by atoms with van der Waals surface area (Å²) in [6, 6.07) is 10.3. The van der Waals surface area contributed by atoms with E-state index >= 15 is 0 Å². The number of hydrogen-bond donors (Lipinski definition) is 1.